The number of carbonyl (C=O) groups is 2. The monoisotopic (exact) mass is 203 g/mol. The van der Waals surface area contributed by atoms with Crippen LogP contribution in [0.3, 0.4) is 0 Å². The molecule has 76 valence electrons. The fraction of sp³-hybridized carbons (Fsp3) is 0.182. The Kier molecular flexibility index (Phi) is 3.19. The fourth-order valence-corrected chi connectivity index (χ4v) is 1.21. The van der Waals surface area contributed by atoms with E-state index in [9.17, 15) is 9.59 Å². The van der Waals surface area contributed by atoms with Crippen molar-refractivity contribution < 1.29 is 14.3 Å². The van der Waals surface area contributed by atoms with Gasteiger partial charge >= 0.3 is 5.97 Å². The number of hydrogen-bond acceptors (Lipinski definition) is 4. The molecule has 0 radical (unpaired) electrons. The predicted molar refractivity (Wildman–Crippen MR) is 52.6 cm³/mol. The molecule has 1 aromatic carbocycles. The molecule has 15 heavy (non-hydrogen) atoms. The molecule has 0 aliphatic carbocycles. The molecule has 0 N–H and O–H groups in total. The summed E-state index contributed by atoms with van der Waals surface area (Å²) in [4.78, 5) is 21.9. The van der Waals surface area contributed by atoms with Crippen molar-refractivity contribution in [2.45, 2.75) is 6.92 Å². The lowest BCUT2D eigenvalue weighted by Crippen LogP contribution is -2.04. The smallest absolute Gasteiger partial charge is 0.337 e. The van der Waals surface area contributed by atoms with Gasteiger partial charge in [0.25, 0.3) is 0 Å². The van der Waals surface area contributed by atoms with Gasteiger partial charge in [0.2, 0.25) is 0 Å². The van der Waals surface area contributed by atoms with Crippen LogP contribution in [0.4, 0.5) is 0 Å². The van der Waals surface area contributed by atoms with E-state index in [4.69, 9.17) is 5.26 Å². The zero-order chi connectivity index (χ0) is 11.4. The molecule has 0 aromatic heterocycles. The van der Waals surface area contributed by atoms with Crippen LogP contribution in [0.15, 0.2) is 12.1 Å². The highest BCUT2D eigenvalue weighted by molar-refractivity contribution is 5.93. The molecule has 4 nitrogen and oxygen atoms in total. The van der Waals surface area contributed by atoms with Gasteiger partial charge in [-0.1, -0.05) is 0 Å². The number of esters is 1. The van der Waals surface area contributed by atoms with Crippen LogP contribution in [-0.2, 0) is 4.74 Å². The molecule has 0 fully saturated rings. The number of aldehydes is 1. The van der Waals surface area contributed by atoms with Gasteiger partial charge in [-0.15, -0.1) is 0 Å². The Hall–Kier alpha value is -2.15. The lowest BCUT2D eigenvalue weighted by molar-refractivity contribution is 0.0600. The standard InChI is InChI=1S/C11H9NO3/c1-7-9(5-12)3-8(11(14)15-2)4-10(7)6-13/h3-4,6H,1-2H3. The molecule has 4 heteroatoms. The van der Waals surface area contributed by atoms with E-state index in [1.807, 2.05) is 6.07 Å². The Labute approximate surface area is 87.1 Å². The quantitative estimate of drug-likeness (QED) is 0.539. The van der Waals surface area contributed by atoms with Crippen LogP contribution in [0.1, 0.15) is 31.8 Å². The van der Waals surface area contributed by atoms with Crippen LogP contribution >= 0.6 is 0 Å². The summed E-state index contributed by atoms with van der Waals surface area (Å²) >= 11 is 0. The van der Waals surface area contributed by atoms with E-state index in [0.717, 1.165) is 0 Å². The molecule has 0 unspecified atom stereocenters. The van der Waals surface area contributed by atoms with Gasteiger partial charge in [-0.25, -0.2) is 4.79 Å². The van der Waals surface area contributed by atoms with E-state index in [0.29, 0.717) is 23.0 Å². The van der Waals surface area contributed by atoms with Gasteiger partial charge in [-0.3, -0.25) is 4.79 Å². The highest BCUT2D eigenvalue weighted by Crippen LogP contribution is 2.15. The Morgan fingerprint density at radius 1 is 1.53 bits per heavy atom. The third kappa shape index (κ3) is 2.02. The van der Waals surface area contributed by atoms with Gasteiger partial charge in [0.15, 0.2) is 0 Å². The maximum Gasteiger partial charge on any atom is 0.337 e. The number of methoxy groups -OCH3 is 1. The van der Waals surface area contributed by atoms with Crippen molar-refractivity contribution in [1.82, 2.24) is 0 Å². The molecule has 0 bridgehead atoms. The minimum absolute atomic E-state index is 0.210. The number of benzene rings is 1. The van der Waals surface area contributed by atoms with E-state index >= 15 is 0 Å². The van der Waals surface area contributed by atoms with Crippen molar-refractivity contribution in [1.29, 1.82) is 5.26 Å². The van der Waals surface area contributed by atoms with Crippen molar-refractivity contribution in [2.75, 3.05) is 7.11 Å². The average Bonchev–Trinajstić information content (AvgIpc) is 2.28. The number of carbonyl (C=O) groups excluding carboxylic acids is 2. The van der Waals surface area contributed by atoms with E-state index in [1.165, 1.54) is 19.2 Å². The highest BCUT2D eigenvalue weighted by Gasteiger charge is 2.11. The number of nitrogens with zero attached hydrogens (tertiary/aromatic N) is 1. The molecule has 0 spiro atoms. The lowest BCUT2D eigenvalue weighted by Gasteiger charge is -2.04. The van der Waals surface area contributed by atoms with E-state index in [-0.39, 0.29) is 5.56 Å². The summed E-state index contributed by atoms with van der Waals surface area (Å²) < 4.78 is 4.51. The average molecular weight is 203 g/mol. The SMILES string of the molecule is COC(=O)c1cc(C#N)c(C)c(C=O)c1. The summed E-state index contributed by atoms with van der Waals surface area (Å²) in [6.07, 6.45) is 0.614. The molecule has 0 heterocycles. The van der Waals surface area contributed by atoms with Gasteiger partial charge in [0.1, 0.15) is 6.29 Å². The van der Waals surface area contributed by atoms with Crippen LogP contribution in [0.5, 0.6) is 0 Å². The van der Waals surface area contributed by atoms with Crippen LogP contribution in [0, 0.1) is 18.3 Å². The van der Waals surface area contributed by atoms with E-state index in [1.54, 1.807) is 6.92 Å². The third-order valence-electron chi connectivity index (χ3n) is 2.12. The maximum atomic E-state index is 11.2. The minimum Gasteiger partial charge on any atom is -0.465 e. The Morgan fingerprint density at radius 3 is 2.67 bits per heavy atom. The van der Waals surface area contributed by atoms with Gasteiger partial charge < -0.3 is 4.74 Å². The molecule has 0 amide bonds. The summed E-state index contributed by atoms with van der Waals surface area (Å²) in [6, 6.07) is 4.75. The second-order valence-electron chi connectivity index (χ2n) is 2.96. The Balaban J connectivity index is 3.41. The molecular formula is C11H9NO3. The summed E-state index contributed by atoms with van der Waals surface area (Å²) in [5, 5.41) is 8.80. The Morgan fingerprint density at radius 2 is 2.20 bits per heavy atom. The summed E-state index contributed by atoms with van der Waals surface area (Å²) in [5.74, 6) is -0.561. The van der Waals surface area contributed by atoms with Crippen LogP contribution in [0.25, 0.3) is 0 Å². The molecule has 0 atom stereocenters. The summed E-state index contributed by atoms with van der Waals surface area (Å²) in [7, 11) is 1.24. The van der Waals surface area contributed by atoms with Crippen LogP contribution in [0.2, 0.25) is 0 Å². The molecule has 0 aliphatic rings. The lowest BCUT2D eigenvalue weighted by atomic mass is 10.0. The minimum atomic E-state index is -0.561. The molecular weight excluding hydrogens is 194 g/mol. The zero-order valence-corrected chi connectivity index (χ0v) is 8.40. The predicted octanol–water partition coefficient (Wildman–Crippen LogP) is 1.47. The topological polar surface area (TPSA) is 67.2 Å². The van der Waals surface area contributed by atoms with Crippen molar-refractivity contribution in [3.8, 4) is 6.07 Å². The molecule has 0 aliphatic heterocycles. The van der Waals surface area contributed by atoms with E-state index < -0.39 is 5.97 Å². The van der Waals surface area contributed by atoms with E-state index in [2.05, 4.69) is 4.74 Å². The largest absolute Gasteiger partial charge is 0.465 e. The van der Waals surface area contributed by atoms with Gasteiger partial charge in [-0.05, 0) is 24.6 Å². The van der Waals surface area contributed by atoms with Gasteiger partial charge in [-0.2, -0.15) is 5.26 Å². The van der Waals surface area contributed by atoms with Crippen molar-refractivity contribution >= 4 is 12.3 Å². The first-order chi connectivity index (χ1) is 7.13. The fourth-order valence-electron chi connectivity index (χ4n) is 1.21. The third-order valence-corrected chi connectivity index (χ3v) is 2.12. The molecule has 1 aromatic rings. The maximum absolute atomic E-state index is 11.2. The first-order valence-electron chi connectivity index (χ1n) is 4.22. The Bertz CT molecular complexity index is 458. The number of rotatable bonds is 2. The molecule has 0 saturated carbocycles. The summed E-state index contributed by atoms with van der Waals surface area (Å²) in [6.45, 7) is 1.66. The van der Waals surface area contributed by atoms with Crippen molar-refractivity contribution in [2.24, 2.45) is 0 Å². The van der Waals surface area contributed by atoms with Crippen LogP contribution < -0.4 is 0 Å². The zero-order valence-electron chi connectivity index (χ0n) is 8.40. The number of nitriles is 1. The summed E-state index contributed by atoms with van der Waals surface area (Å²) in [5.41, 5.74) is 1.41. The normalized spacial score (nSPS) is 9.13. The highest BCUT2D eigenvalue weighted by atomic mass is 16.5. The second-order valence-corrected chi connectivity index (χ2v) is 2.96. The van der Waals surface area contributed by atoms with Crippen LogP contribution in [-0.4, -0.2) is 19.4 Å². The first kappa shape index (κ1) is 10.9. The first-order valence-corrected chi connectivity index (χ1v) is 4.22. The van der Waals surface area contributed by atoms with Gasteiger partial charge in [0.05, 0.1) is 24.3 Å². The van der Waals surface area contributed by atoms with Crippen molar-refractivity contribution in [3.63, 3.8) is 0 Å². The number of ether oxygens (including phenoxy) is 1. The second kappa shape index (κ2) is 4.38. The molecule has 0 saturated heterocycles. The van der Waals surface area contributed by atoms with Gasteiger partial charge in [0, 0.05) is 5.56 Å². The molecule has 1 rings (SSSR count). The van der Waals surface area contributed by atoms with Crippen molar-refractivity contribution in [3.05, 3.63) is 34.4 Å². The number of hydrogen-bond donors (Lipinski definition) is 0.